The van der Waals surface area contributed by atoms with Crippen molar-refractivity contribution in [3.05, 3.63) is 58.7 Å². The van der Waals surface area contributed by atoms with Crippen LogP contribution in [0.1, 0.15) is 55.2 Å². The fraction of sp³-hybridized carbons (Fsp3) is 0.444. The Kier molecular flexibility index (Phi) is 5.42. The van der Waals surface area contributed by atoms with E-state index in [1.165, 1.54) is 24.3 Å². The Morgan fingerprint density at radius 1 is 1.15 bits per heavy atom. The Balaban J connectivity index is 1.44. The van der Waals surface area contributed by atoms with E-state index in [1.54, 1.807) is 18.2 Å². The highest BCUT2D eigenvalue weighted by molar-refractivity contribution is 6.06. The van der Waals surface area contributed by atoms with Gasteiger partial charge >= 0.3 is 6.61 Å². The molecule has 4 nitrogen and oxygen atoms in total. The molecule has 0 aromatic heterocycles. The third-order valence-corrected chi connectivity index (χ3v) is 8.09. The van der Waals surface area contributed by atoms with Gasteiger partial charge < -0.3 is 14.6 Å². The topological polar surface area (TPSA) is 55.8 Å². The number of Topliss-reactive ketones (excluding diaryl/α,β-unsaturated/α-hetero) is 1. The number of ether oxygens (including phenoxy) is 2. The molecule has 2 aromatic carbocycles. The standard InChI is InChI=1S/C27H28F2O4/c1-27-10-9-20-19-7-5-18(30)13-16(19)4-6-21(20)22(27)14-17(25(27)31)11-15-3-8-23(33-26(28)29)24(12-15)32-2/h3,5,7-8,11-13,20-22,26,30H,4,6,9-10,14H2,1-2H3/b17-11+/t20-,21-,22-,27+/m1/s1. The summed E-state index contributed by atoms with van der Waals surface area (Å²) in [7, 11) is 1.40. The summed E-state index contributed by atoms with van der Waals surface area (Å²) in [4.78, 5) is 13.5. The molecule has 0 heterocycles. The number of fused-ring (bicyclic) bond motifs is 5. The van der Waals surface area contributed by atoms with Gasteiger partial charge in [-0.3, -0.25) is 4.79 Å². The number of aryl methyl sites for hydroxylation is 1. The first-order valence-electron chi connectivity index (χ1n) is 11.5. The molecule has 174 valence electrons. The van der Waals surface area contributed by atoms with Gasteiger partial charge in [0.25, 0.3) is 0 Å². The average molecular weight is 455 g/mol. The second-order valence-corrected chi connectivity index (χ2v) is 9.75. The third-order valence-electron chi connectivity index (χ3n) is 8.09. The van der Waals surface area contributed by atoms with Gasteiger partial charge in [-0.2, -0.15) is 8.78 Å². The first kappa shape index (κ1) is 21.9. The molecule has 2 aromatic rings. The van der Waals surface area contributed by atoms with Gasteiger partial charge in [0.1, 0.15) is 5.75 Å². The number of aromatic hydroxyl groups is 1. The fourth-order valence-electron chi connectivity index (χ4n) is 6.54. The number of phenolic OH excluding ortho intramolecular Hbond substituents is 1. The molecule has 5 rings (SSSR count). The van der Waals surface area contributed by atoms with Crippen molar-refractivity contribution in [2.24, 2.45) is 17.3 Å². The van der Waals surface area contributed by atoms with Crippen LogP contribution in [0, 0.1) is 17.3 Å². The number of ketones is 1. The fourth-order valence-corrected chi connectivity index (χ4v) is 6.54. The summed E-state index contributed by atoms with van der Waals surface area (Å²) in [6.45, 7) is -0.816. The van der Waals surface area contributed by atoms with Crippen molar-refractivity contribution < 1.29 is 28.2 Å². The van der Waals surface area contributed by atoms with Crippen LogP contribution < -0.4 is 9.47 Å². The zero-order valence-corrected chi connectivity index (χ0v) is 18.8. The van der Waals surface area contributed by atoms with E-state index in [0.29, 0.717) is 17.6 Å². The van der Waals surface area contributed by atoms with Crippen molar-refractivity contribution >= 4 is 11.9 Å². The highest BCUT2D eigenvalue weighted by Crippen LogP contribution is 2.61. The lowest BCUT2D eigenvalue weighted by atomic mass is 9.55. The maximum absolute atomic E-state index is 13.5. The predicted molar refractivity (Wildman–Crippen MR) is 121 cm³/mol. The van der Waals surface area contributed by atoms with Crippen molar-refractivity contribution in [2.45, 2.75) is 51.6 Å². The van der Waals surface area contributed by atoms with E-state index in [-0.39, 0.29) is 28.6 Å². The normalized spacial score (nSPS) is 29.5. The van der Waals surface area contributed by atoms with Gasteiger partial charge in [0.2, 0.25) is 0 Å². The number of carbonyl (C=O) groups excluding carboxylic acids is 1. The van der Waals surface area contributed by atoms with E-state index in [0.717, 1.165) is 43.2 Å². The molecule has 0 amide bonds. The summed E-state index contributed by atoms with van der Waals surface area (Å²) in [5, 5.41) is 9.88. The molecule has 0 aliphatic heterocycles. The van der Waals surface area contributed by atoms with Crippen LogP contribution in [-0.4, -0.2) is 24.6 Å². The van der Waals surface area contributed by atoms with Gasteiger partial charge in [-0.25, -0.2) is 0 Å². The molecular weight excluding hydrogens is 426 g/mol. The van der Waals surface area contributed by atoms with Gasteiger partial charge in [-0.15, -0.1) is 0 Å². The summed E-state index contributed by atoms with van der Waals surface area (Å²) in [6.07, 6.45) is 6.37. The quantitative estimate of drug-likeness (QED) is 0.566. The van der Waals surface area contributed by atoms with Gasteiger partial charge in [-0.1, -0.05) is 19.1 Å². The van der Waals surface area contributed by atoms with Crippen LogP contribution in [0.4, 0.5) is 8.78 Å². The van der Waals surface area contributed by atoms with Crippen LogP contribution in [0.25, 0.3) is 6.08 Å². The lowest BCUT2D eigenvalue weighted by Crippen LogP contribution is -2.42. The first-order valence-corrected chi connectivity index (χ1v) is 11.5. The number of alkyl halides is 2. The van der Waals surface area contributed by atoms with Crippen molar-refractivity contribution in [3.8, 4) is 17.2 Å². The number of hydrogen-bond acceptors (Lipinski definition) is 4. The minimum absolute atomic E-state index is 0.0252. The minimum Gasteiger partial charge on any atom is -0.508 e. The molecule has 0 bridgehead atoms. The Bertz CT molecular complexity index is 1130. The van der Waals surface area contributed by atoms with E-state index in [9.17, 15) is 18.7 Å². The van der Waals surface area contributed by atoms with Gasteiger partial charge in [0.05, 0.1) is 7.11 Å². The smallest absolute Gasteiger partial charge is 0.387 e. The molecule has 0 radical (unpaired) electrons. The molecule has 0 unspecified atom stereocenters. The minimum atomic E-state index is -2.93. The van der Waals surface area contributed by atoms with Gasteiger partial charge in [0, 0.05) is 5.41 Å². The van der Waals surface area contributed by atoms with Crippen molar-refractivity contribution in [1.29, 1.82) is 0 Å². The van der Waals surface area contributed by atoms with Crippen LogP contribution in [-0.2, 0) is 11.2 Å². The maximum Gasteiger partial charge on any atom is 0.387 e. The number of hydrogen-bond donors (Lipinski definition) is 1. The second-order valence-electron chi connectivity index (χ2n) is 9.75. The van der Waals surface area contributed by atoms with E-state index >= 15 is 0 Å². The zero-order chi connectivity index (χ0) is 23.3. The SMILES string of the molecule is COc1cc(/C=C2\C[C@@H]3[C@@H]4CCc5cc(O)ccc5[C@H]4CC[C@]3(C)C2=O)ccc1OC(F)F. The molecular formula is C27H28F2O4. The van der Waals surface area contributed by atoms with Crippen molar-refractivity contribution in [1.82, 2.24) is 0 Å². The number of halogens is 2. The molecule has 0 spiro atoms. The largest absolute Gasteiger partial charge is 0.508 e. The maximum atomic E-state index is 13.5. The molecule has 2 saturated carbocycles. The Hall–Kier alpha value is -2.89. The molecule has 0 saturated heterocycles. The molecule has 3 aliphatic rings. The van der Waals surface area contributed by atoms with E-state index in [4.69, 9.17) is 4.74 Å². The van der Waals surface area contributed by atoms with Crippen molar-refractivity contribution in [2.75, 3.05) is 7.11 Å². The second kappa shape index (κ2) is 8.15. The first-order chi connectivity index (χ1) is 15.8. The van der Waals surface area contributed by atoms with Gasteiger partial charge in [0.15, 0.2) is 17.3 Å². The Labute approximate surface area is 192 Å². The van der Waals surface area contributed by atoms with Gasteiger partial charge in [-0.05, 0) is 102 Å². The summed E-state index contributed by atoms with van der Waals surface area (Å²) in [5.41, 5.74) is 3.72. The summed E-state index contributed by atoms with van der Waals surface area (Å²) < 4.78 is 35.0. The van der Waals surface area contributed by atoms with E-state index in [1.807, 2.05) is 12.1 Å². The van der Waals surface area contributed by atoms with E-state index < -0.39 is 6.61 Å². The monoisotopic (exact) mass is 454 g/mol. The predicted octanol–water partition coefficient (Wildman–Crippen LogP) is 6.12. The summed E-state index contributed by atoms with van der Waals surface area (Å²) in [6, 6.07) is 10.5. The summed E-state index contributed by atoms with van der Waals surface area (Å²) in [5.74, 6) is 1.84. The Morgan fingerprint density at radius 2 is 1.97 bits per heavy atom. The summed E-state index contributed by atoms with van der Waals surface area (Å²) >= 11 is 0. The number of methoxy groups -OCH3 is 1. The van der Waals surface area contributed by atoms with E-state index in [2.05, 4.69) is 17.7 Å². The average Bonchev–Trinajstić information content (AvgIpc) is 3.04. The van der Waals surface area contributed by atoms with Crippen LogP contribution in [0.3, 0.4) is 0 Å². The number of rotatable bonds is 4. The molecule has 2 fully saturated rings. The Morgan fingerprint density at radius 3 is 2.73 bits per heavy atom. The molecule has 3 aliphatic carbocycles. The number of carbonyl (C=O) groups is 1. The van der Waals surface area contributed by atoms with Crippen LogP contribution in [0.2, 0.25) is 0 Å². The van der Waals surface area contributed by atoms with Crippen LogP contribution in [0.5, 0.6) is 17.2 Å². The highest BCUT2D eigenvalue weighted by Gasteiger charge is 2.56. The lowest BCUT2D eigenvalue weighted by molar-refractivity contribution is -0.127. The number of phenols is 1. The van der Waals surface area contributed by atoms with Crippen LogP contribution in [0.15, 0.2) is 42.0 Å². The highest BCUT2D eigenvalue weighted by atomic mass is 19.3. The molecule has 6 heteroatoms. The van der Waals surface area contributed by atoms with Crippen molar-refractivity contribution in [3.63, 3.8) is 0 Å². The number of allylic oxidation sites excluding steroid dienone is 1. The van der Waals surface area contributed by atoms with Crippen LogP contribution >= 0.6 is 0 Å². The molecule has 33 heavy (non-hydrogen) atoms. The number of benzene rings is 2. The molecule has 1 N–H and O–H groups in total. The molecule has 4 atom stereocenters. The lowest BCUT2D eigenvalue weighted by Gasteiger charge is -2.48. The zero-order valence-electron chi connectivity index (χ0n) is 18.8. The third kappa shape index (κ3) is 3.69.